The first-order valence-electron chi connectivity index (χ1n) is 8.93. The monoisotopic (exact) mass is 423 g/mol. The van der Waals surface area contributed by atoms with Gasteiger partial charge in [0, 0.05) is 18.9 Å². The van der Waals surface area contributed by atoms with Crippen molar-refractivity contribution < 1.29 is 13.2 Å². The molecule has 0 saturated heterocycles. The zero-order valence-electron chi connectivity index (χ0n) is 15.5. The number of amides is 1. The first-order chi connectivity index (χ1) is 14.4. The van der Waals surface area contributed by atoms with Gasteiger partial charge in [0.15, 0.2) is 0 Å². The van der Waals surface area contributed by atoms with E-state index < -0.39 is 21.6 Å². The summed E-state index contributed by atoms with van der Waals surface area (Å²) in [7, 11) is -3.99. The van der Waals surface area contributed by atoms with Crippen molar-refractivity contribution in [1.82, 2.24) is 20.3 Å². The fourth-order valence-corrected chi connectivity index (χ4v) is 4.04. The molecule has 0 bridgehead atoms. The van der Waals surface area contributed by atoms with Crippen LogP contribution in [0.2, 0.25) is 0 Å². The van der Waals surface area contributed by atoms with Crippen LogP contribution in [0, 0.1) is 0 Å². The largest absolute Gasteiger partial charge is 0.348 e. The molecule has 152 valence electrons. The van der Waals surface area contributed by atoms with Gasteiger partial charge in [-0.25, -0.2) is 13.2 Å². The molecular formula is C20H17N5O4S. The maximum Gasteiger partial charge on any atom is 0.323 e. The van der Waals surface area contributed by atoms with Crippen LogP contribution in [0.5, 0.6) is 0 Å². The van der Waals surface area contributed by atoms with E-state index in [0.717, 1.165) is 5.56 Å². The lowest BCUT2D eigenvalue weighted by molar-refractivity contribution is 0.0952. The average molecular weight is 423 g/mol. The highest BCUT2D eigenvalue weighted by Crippen LogP contribution is 2.22. The van der Waals surface area contributed by atoms with Gasteiger partial charge in [-0.05, 0) is 48.0 Å². The summed E-state index contributed by atoms with van der Waals surface area (Å²) in [6.45, 7) is 0.278. The highest BCUT2D eigenvalue weighted by atomic mass is 32.2. The quantitative estimate of drug-likeness (QED) is 0.376. The third-order valence-corrected chi connectivity index (χ3v) is 5.78. The number of pyridine rings is 1. The molecule has 1 amide bonds. The third kappa shape index (κ3) is 4.08. The number of rotatable bonds is 6. The van der Waals surface area contributed by atoms with E-state index in [-0.39, 0.29) is 22.7 Å². The molecule has 2 aromatic heterocycles. The van der Waals surface area contributed by atoms with Gasteiger partial charge in [0.1, 0.15) is 0 Å². The van der Waals surface area contributed by atoms with Gasteiger partial charge in [0.2, 0.25) is 0 Å². The summed E-state index contributed by atoms with van der Waals surface area (Å²) in [6, 6.07) is 14.1. The number of fused-ring (bicyclic) bond motifs is 1. The Bertz CT molecular complexity index is 1380. The summed E-state index contributed by atoms with van der Waals surface area (Å²) in [5, 5.41) is 2.76. The Hall–Kier alpha value is -3.92. The zero-order chi connectivity index (χ0) is 21.1. The molecule has 4 aromatic rings. The second kappa shape index (κ2) is 7.84. The van der Waals surface area contributed by atoms with Crippen LogP contribution in [0.15, 0.2) is 76.7 Å². The van der Waals surface area contributed by atoms with Crippen molar-refractivity contribution in [3.05, 3.63) is 88.6 Å². The molecule has 0 aliphatic carbocycles. The van der Waals surface area contributed by atoms with Crippen molar-refractivity contribution in [1.29, 1.82) is 0 Å². The number of H-pyrrole nitrogens is 2. The fourth-order valence-electron chi connectivity index (χ4n) is 2.93. The lowest BCUT2D eigenvalue weighted by Crippen LogP contribution is -2.25. The lowest BCUT2D eigenvalue weighted by atomic mass is 10.1. The van der Waals surface area contributed by atoms with Gasteiger partial charge in [0.05, 0.1) is 27.2 Å². The first-order valence-corrected chi connectivity index (χ1v) is 10.4. The molecular weight excluding hydrogens is 406 g/mol. The molecule has 0 radical (unpaired) electrons. The Morgan fingerprint density at radius 3 is 2.50 bits per heavy atom. The van der Waals surface area contributed by atoms with Crippen LogP contribution < -0.4 is 15.7 Å². The minimum absolute atomic E-state index is 0.0442. The highest BCUT2D eigenvalue weighted by Gasteiger charge is 2.19. The van der Waals surface area contributed by atoms with Crippen molar-refractivity contribution in [3.8, 4) is 0 Å². The number of carbonyl (C=O) groups excluding carboxylic acids is 1. The van der Waals surface area contributed by atoms with Crippen LogP contribution in [0.1, 0.15) is 15.9 Å². The van der Waals surface area contributed by atoms with Crippen molar-refractivity contribution in [2.75, 3.05) is 4.72 Å². The minimum atomic E-state index is -3.99. The molecule has 9 nitrogen and oxygen atoms in total. The molecule has 0 saturated carbocycles. The molecule has 2 heterocycles. The molecule has 0 aliphatic heterocycles. The van der Waals surface area contributed by atoms with Crippen molar-refractivity contribution in [2.24, 2.45) is 0 Å². The number of para-hydroxylation sites is 1. The topological polar surface area (TPSA) is 137 Å². The average Bonchev–Trinajstić information content (AvgIpc) is 3.12. The summed E-state index contributed by atoms with van der Waals surface area (Å²) in [5.41, 5.74) is 1.63. The van der Waals surface area contributed by atoms with Gasteiger partial charge in [-0.2, -0.15) is 0 Å². The van der Waals surface area contributed by atoms with E-state index in [1.807, 2.05) is 0 Å². The van der Waals surface area contributed by atoms with Crippen LogP contribution >= 0.6 is 0 Å². The molecule has 4 N–H and O–H groups in total. The molecule has 0 atom stereocenters. The van der Waals surface area contributed by atoms with Crippen molar-refractivity contribution in [3.63, 3.8) is 0 Å². The third-order valence-electron chi connectivity index (χ3n) is 4.42. The number of nitrogens with zero attached hydrogens (tertiary/aromatic N) is 1. The van der Waals surface area contributed by atoms with E-state index in [2.05, 4.69) is 25.0 Å². The predicted octanol–water partition coefficient (Wildman–Crippen LogP) is 1.98. The van der Waals surface area contributed by atoms with Gasteiger partial charge in [-0.3, -0.25) is 14.5 Å². The van der Waals surface area contributed by atoms with Crippen LogP contribution in [0.4, 0.5) is 5.69 Å². The van der Waals surface area contributed by atoms with Gasteiger partial charge in [0.25, 0.3) is 15.9 Å². The Balaban J connectivity index is 1.57. The Morgan fingerprint density at radius 2 is 1.70 bits per heavy atom. The number of nitrogens with one attached hydrogen (secondary N) is 4. The molecule has 10 heteroatoms. The van der Waals surface area contributed by atoms with Crippen LogP contribution in [0.25, 0.3) is 11.0 Å². The van der Waals surface area contributed by atoms with E-state index in [0.29, 0.717) is 11.0 Å². The Kier molecular flexibility index (Phi) is 5.07. The summed E-state index contributed by atoms with van der Waals surface area (Å²) in [4.78, 5) is 33.0. The fraction of sp³-hybridized carbons (Fsp3) is 0.0500. The van der Waals surface area contributed by atoms with Gasteiger partial charge >= 0.3 is 5.69 Å². The maximum absolute atomic E-state index is 12.9. The maximum atomic E-state index is 12.9. The normalized spacial score (nSPS) is 11.3. The van der Waals surface area contributed by atoms with Gasteiger partial charge in [-0.1, -0.05) is 12.1 Å². The number of aromatic nitrogens is 3. The second-order valence-corrected chi connectivity index (χ2v) is 8.16. The molecule has 2 aromatic carbocycles. The van der Waals surface area contributed by atoms with E-state index in [1.54, 1.807) is 36.7 Å². The number of aromatic amines is 2. The summed E-state index contributed by atoms with van der Waals surface area (Å²) in [5.74, 6) is -0.421. The number of hydrogen-bond donors (Lipinski definition) is 4. The zero-order valence-corrected chi connectivity index (χ0v) is 16.4. The van der Waals surface area contributed by atoms with Crippen LogP contribution in [-0.2, 0) is 16.6 Å². The van der Waals surface area contributed by atoms with Gasteiger partial charge in [-0.15, -0.1) is 0 Å². The predicted molar refractivity (Wildman–Crippen MR) is 112 cm³/mol. The van der Waals surface area contributed by atoms with Gasteiger partial charge < -0.3 is 15.3 Å². The summed E-state index contributed by atoms with van der Waals surface area (Å²) >= 11 is 0. The molecule has 0 spiro atoms. The number of anilines is 1. The number of imidazole rings is 1. The number of benzene rings is 2. The SMILES string of the molecule is O=C(NCc1ccncc1)c1ccccc1NS(=O)(=O)c1ccc2[nH]c(=O)[nH]c2c1. The van der Waals surface area contributed by atoms with E-state index >= 15 is 0 Å². The van der Waals surface area contributed by atoms with E-state index in [1.165, 1.54) is 30.3 Å². The summed E-state index contributed by atoms with van der Waals surface area (Å²) in [6.07, 6.45) is 3.25. The Labute approximate surface area is 171 Å². The van der Waals surface area contributed by atoms with Crippen LogP contribution in [0.3, 0.4) is 0 Å². The number of hydrogen-bond acceptors (Lipinski definition) is 5. The second-order valence-electron chi connectivity index (χ2n) is 6.48. The molecule has 30 heavy (non-hydrogen) atoms. The minimum Gasteiger partial charge on any atom is -0.348 e. The molecule has 0 fully saturated rings. The number of sulfonamides is 1. The lowest BCUT2D eigenvalue weighted by Gasteiger charge is -2.13. The standard InChI is InChI=1S/C20H17N5O4S/c26-19(22-12-13-7-9-21-10-8-13)15-3-1-2-4-16(15)25-30(28,29)14-5-6-17-18(11-14)24-20(27)23-17/h1-11,25H,12H2,(H,22,26)(H2,23,24,27). The van der Waals surface area contributed by atoms with Crippen LogP contribution in [-0.4, -0.2) is 29.3 Å². The van der Waals surface area contributed by atoms with E-state index in [4.69, 9.17) is 0 Å². The van der Waals surface area contributed by atoms with Crippen molar-refractivity contribution >= 4 is 32.7 Å². The highest BCUT2D eigenvalue weighted by molar-refractivity contribution is 7.92. The molecule has 0 unspecified atom stereocenters. The van der Waals surface area contributed by atoms with Crippen molar-refractivity contribution in [2.45, 2.75) is 11.4 Å². The number of carbonyl (C=O) groups is 1. The molecule has 4 rings (SSSR count). The first kappa shape index (κ1) is 19.4. The van der Waals surface area contributed by atoms with E-state index in [9.17, 15) is 18.0 Å². The summed E-state index contributed by atoms with van der Waals surface area (Å²) < 4.78 is 28.2. The smallest absolute Gasteiger partial charge is 0.323 e. The molecule has 0 aliphatic rings. The Morgan fingerprint density at radius 1 is 0.967 bits per heavy atom.